The fourth-order valence-corrected chi connectivity index (χ4v) is 5.28. The van der Waals surface area contributed by atoms with Gasteiger partial charge >= 0.3 is 0 Å². The summed E-state index contributed by atoms with van der Waals surface area (Å²) in [5, 5.41) is 3.64. The number of aromatic nitrogens is 4. The summed E-state index contributed by atoms with van der Waals surface area (Å²) in [4.78, 5) is 33.1. The Kier molecular flexibility index (Phi) is 7.04. The molecular formula is C27H28N6O4S. The second kappa shape index (κ2) is 10.4. The number of nitrogens with zero attached hydrogens (tertiary/aromatic N) is 5. The molecule has 196 valence electrons. The zero-order chi connectivity index (χ0) is 26.9. The van der Waals surface area contributed by atoms with Crippen molar-refractivity contribution in [3.05, 3.63) is 71.8 Å². The molecule has 0 unspecified atom stereocenters. The van der Waals surface area contributed by atoms with E-state index in [1.807, 2.05) is 36.4 Å². The summed E-state index contributed by atoms with van der Waals surface area (Å²) in [6.45, 7) is 6.04. The first-order valence-corrected chi connectivity index (χ1v) is 14.1. The van der Waals surface area contributed by atoms with Crippen LogP contribution in [0.15, 0.2) is 59.8 Å². The number of sulfone groups is 1. The molecule has 4 aromatic rings. The Morgan fingerprint density at radius 3 is 2.71 bits per heavy atom. The Balaban J connectivity index is 1.34. The van der Waals surface area contributed by atoms with Gasteiger partial charge in [0, 0.05) is 37.1 Å². The number of anilines is 1. The normalized spacial score (nSPS) is 16.0. The minimum atomic E-state index is -3.50. The summed E-state index contributed by atoms with van der Waals surface area (Å²) in [6.07, 6.45) is 4.32. The molecular weight excluding hydrogens is 504 g/mol. The van der Waals surface area contributed by atoms with Crippen LogP contribution >= 0.6 is 0 Å². The fraction of sp³-hybridized carbons (Fsp3) is 0.296. The molecule has 5 heterocycles. The molecule has 1 amide bonds. The zero-order valence-corrected chi connectivity index (χ0v) is 22.2. The van der Waals surface area contributed by atoms with Crippen LogP contribution in [0.25, 0.3) is 22.3 Å². The van der Waals surface area contributed by atoms with Crippen LogP contribution in [-0.4, -0.2) is 66.3 Å². The Hall–Kier alpha value is -3.96. The van der Waals surface area contributed by atoms with Gasteiger partial charge in [0.15, 0.2) is 9.84 Å². The third-order valence-corrected chi connectivity index (χ3v) is 7.54. The average molecular weight is 533 g/mol. The number of rotatable bonds is 6. The Labute approximate surface area is 221 Å². The van der Waals surface area contributed by atoms with Gasteiger partial charge in [-0.15, -0.1) is 0 Å². The van der Waals surface area contributed by atoms with Crippen molar-refractivity contribution in [1.29, 1.82) is 0 Å². The smallest absolute Gasteiger partial charge is 0.253 e. The molecule has 0 bridgehead atoms. The maximum absolute atomic E-state index is 12.7. The lowest BCUT2D eigenvalue weighted by molar-refractivity contribution is 0.0529. The third-order valence-electron chi connectivity index (χ3n) is 6.32. The van der Waals surface area contributed by atoms with Gasteiger partial charge in [-0.2, -0.15) is 0 Å². The molecule has 1 aliphatic rings. The summed E-state index contributed by atoms with van der Waals surface area (Å²) >= 11 is 0. The maximum atomic E-state index is 12.7. The number of aryl methyl sites for hydroxylation is 1. The molecule has 1 saturated heterocycles. The largest absolute Gasteiger partial charge is 0.375 e. The predicted octanol–water partition coefficient (Wildman–Crippen LogP) is 2.95. The number of amides is 1. The topological polar surface area (TPSA) is 127 Å². The van der Waals surface area contributed by atoms with Gasteiger partial charge < -0.3 is 15.0 Å². The highest BCUT2D eigenvalue weighted by molar-refractivity contribution is 7.90. The molecule has 0 radical (unpaired) electrons. The van der Waals surface area contributed by atoms with Crippen molar-refractivity contribution in [2.75, 3.05) is 30.9 Å². The van der Waals surface area contributed by atoms with E-state index in [0.717, 1.165) is 47.5 Å². The molecule has 1 aliphatic heterocycles. The van der Waals surface area contributed by atoms with Crippen LogP contribution in [0.3, 0.4) is 0 Å². The number of fused-ring (bicyclic) bond motifs is 1. The van der Waals surface area contributed by atoms with E-state index in [4.69, 9.17) is 14.7 Å². The highest BCUT2D eigenvalue weighted by Crippen LogP contribution is 2.23. The number of nitrogens with one attached hydrogen (secondary N) is 1. The van der Waals surface area contributed by atoms with Crippen LogP contribution < -0.4 is 10.2 Å². The number of ether oxygens (including phenoxy) is 1. The molecule has 38 heavy (non-hydrogen) atoms. The summed E-state index contributed by atoms with van der Waals surface area (Å²) in [7, 11) is -3.50. The van der Waals surface area contributed by atoms with Gasteiger partial charge in [-0.25, -0.2) is 18.4 Å². The number of morpholine rings is 1. The molecule has 1 fully saturated rings. The molecule has 0 saturated carbocycles. The Morgan fingerprint density at radius 1 is 1.11 bits per heavy atom. The molecule has 5 rings (SSSR count). The van der Waals surface area contributed by atoms with Gasteiger partial charge in [-0.05, 0) is 50.2 Å². The van der Waals surface area contributed by atoms with E-state index < -0.39 is 15.7 Å². The lowest BCUT2D eigenvalue weighted by atomic mass is 10.2. The van der Waals surface area contributed by atoms with Crippen molar-refractivity contribution in [3.63, 3.8) is 0 Å². The van der Waals surface area contributed by atoms with E-state index in [9.17, 15) is 13.2 Å². The maximum Gasteiger partial charge on any atom is 0.253 e. The van der Waals surface area contributed by atoms with Crippen LogP contribution in [0.4, 0.5) is 5.82 Å². The quantitative estimate of drug-likeness (QED) is 0.399. The number of pyridine rings is 4. The van der Waals surface area contributed by atoms with Gasteiger partial charge in [-0.3, -0.25) is 14.8 Å². The minimum absolute atomic E-state index is 0.0338. The minimum Gasteiger partial charge on any atom is -0.375 e. The van der Waals surface area contributed by atoms with E-state index in [-0.39, 0.29) is 23.1 Å². The summed E-state index contributed by atoms with van der Waals surface area (Å²) in [5.41, 5.74) is 3.36. The van der Waals surface area contributed by atoms with Crippen LogP contribution in [-0.2, 0) is 21.1 Å². The van der Waals surface area contributed by atoms with Crippen molar-refractivity contribution in [2.45, 2.75) is 31.4 Å². The molecule has 10 nitrogen and oxygen atoms in total. The van der Waals surface area contributed by atoms with E-state index >= 15 is 0 Å². The Bertz CT molecular complexity index is 1630. The van der Waals surface area contributed by atoms with Gasteiger partial charge in [-0.1, -0.05) is 6.07 Å². The van der Waals surface area contributed by atoms with Gasteiger partial charge in [0.25, 0.3) is 5.91 Å². The van der Waals surface area contributed by atoms with Crippen molar-refractivity contribution < 1.29 is 17.9 Å². The first-order chi connectivity index (χ1) is 18.2. The zero-order valence-electron chi connectivity index (χ0n) is 21.4. The molecule has 11 heteroatoms. The third kappa shape index (κ3) is 5.63. The summed E-state index contributed by atoms with van der Waals surface area (Å²) in [6, 6.07) is 12.9. The lowest BCUT2D eigenvalue weighted by Crippen LogP contribution is -2.41. The van der Waals surface area contributed by atoms with Crippen LogP contribution in [0.2, 0.25) is 0 Å². The highest BCUT2D eigenvalue weighted by Gasteiger charge is 2.19. The predicted molar refractivity (Wildman–Crippen MR) is 144 cm³/mol. The second-order valence-corrected chi connectivity index (χ2v) is 11.3. The lowest BCUT2D eigenvalue weighted by Gasteiger charge is -2.32. The van der Waals surface area contributed by atoms with Crippen molar-refractivity contribution in [2.24, 2.45) is 0 Å². The standard InChI is InChI=1S/C27H28N6O4S/c1-17-16-33(9-10-37-17)26-6-4-5-22(32-26)23-8-7-19-13-29-21(12-24(19)31-23)15-30-27(34)20-11-25(38(3,35)36)18(2)28-14-20/h4-8,11-14,17H,9-10,15-16H2,1-3H3,(H,30,34)/t17-/m1/s1. The first-order valence-electron chi connectivity index (χ1n) is 12.2. The number of carbonyl (C=O) groups is 1. The molecule has 0 aliphatic carbocycles. The highest BCUT2D eigenvalue weighted by atomic mass is 32.2. The molecule has 1 N–H and O–H groups in total. The number of hydrogen-bond acceptors (Lipinski definition) is 9. The number of carbonyl (C=O) groups excluding carboxylic acids is 1. The average Bonchev–Trinajstić information content (AvgIpc) is 2.91. The summed E-state index contributed by atoms with van der Waals surface area (Å²) < 4.78 is 29.6. The van der Waals surface area contributed by atoms with Crippen LogP contribution in [0.5, 0.6) is 0 Å². The second-order valence-electron chi connectivity index (χ2n) is 9.34. The van der Waals surface area contributed by atoms with Crippen molar-refractivity contribution in [3.8, 4) is 11.4 Å². The van der Waals surface area contributed by atoms with Crippen molar-refractivity contribution in [1.82, 2.24) is 25.3 Å². The molecule has 4 aromatic heterocycles. The van der Waals surface area contributed by atoms with E-state index in [1.54, 1.807) is 13.1 Å². The van der Waals surface area contributed by atoms with Crippen molar-refractivity contribution >= 4 is 32.5 Å². The SMILES string of the molecule is Cc1ncc(C(=O)NCc2cc3nc(-c4cccc(N5CCO[C@H](C)C5)n4)ccc3cn2)cc1S(C)(=O)=O. The Morgan fingerprint density at radius 2 is 1.92 bits per heavy atom. The van der Waals surface area contributed by atoms with Gasteiger partial charge in [0.1, 0.15) is 5.82 Å². The van der Waals surface area contributed by atoms with E-state index in [1.165, 1.54) is 12.3 Å². The van der Waals surface area contributed by atoms with Gasteiger partial charge in [0.05, 0.1) is 58.0 Å². The van der Waals surface area contributed by atoms with Crippen LogP contribution in [0.1, 0.15) is 28.7 Å². The number of hydrogen-bond donors (Lipinski definition) is 1. The monoisotopic (exact) mass is 532 g/mol. The molecule has 0 spiro atoms. The first kappa shape index (κ1) is 25.7. The van der Waals surface area contributed by atoms with Crippen LogP contribution in [0, 0.1) is 6.92 Å². The van der Waals surface area contributed by atoms with E-state index in [0.29, 0.717) is 18.0 Å². The van der Waals surface area contributed by atoms with E-state index in [2.05, 4.69) is 27.1 Å². The molecule has 0 aromatic carbocycles. The summed E-state index contributed by atoms with van der Waals surface area (Å²) in [5.74, 6) is 0.451. The van der Waals surface area contributed by atoms with Gasteiger partial charge in [0.2, 0.25) is 0 Å². The molecule has 1 atom stereocenters. The fourth-order valence-electron chi connectivity index (χ4n) is 4.35.